The molecule has 1 N–H and O–H groups in total. The minimum Gasteiger partial charge on any atom is -0.454 e. The van der Waals surface area contributed by atoms with Crippen molar-refractivity contribution >= 4 is 11.8 Å². The summed E-state index contributed by atoms with van der Waals surface area (Å²) in [6.07, 6.45) is 10.1. The molecular formula is C21H30O4. The number of rotatable bonds is 7. The van der Waals surface area contributed by atoms with Gasteiger partial charge in [0.1, 0.15) is 0 Å². The standard InChI is InChI=1S/C21H30O4/c1-6-7-9-15(2)11-12-17-16(3)20(24)18(14-21(17,4)5)25-19(23)10-8-13-22/h6-7,9,11-12,18,22H,8,10,13-14H2,1-5H3. The number of carbonyl (C=O) groups is 2. The van der Waals surface area contributed by atoms with Gasteiger partial charge in [-0.05, 0) is 43.8 Å². The van der Waals surface area contributed by atoms with Gasteiger partial charge in [0.2, 0.25) is 0 Å². The summed E-state index contributed by atoms with van der Waals surface area (Å²) < 4.78 is 5.36. The lowest BCUT2D eigenvalue weighted by atomic mass is 9.71. The van der Waals surface area contributed by atoms with E-state index in [1.165, 1.54) is 0 Å². The molecule has 0 spiro atoms. The Morgan fingerprint density at radius 1 is 1.40 bits per heavy atom. The molecule has 0 radical (unpaired) electrons. The third kappa shape index (κ3) is 6.13. The number of carbonyl (C=O) groups excluding carboxylic acids is 2. The first-order valence-electron chi connectivity index (χ1n) is 8.76. The topological polar surface area (TPSA) is 63.6 Å². The summed E-state index contributed by atoms with van der Waals surface area (Å²) in [4.78, 5) is 24.4. The molecule has 1 aliphatic carbocycles. The molecule has 1 rings (SSSR count). The van der Waals surface area contributed by atoms with Crippen LogP contribution in [0.15, 0.2) is 47.1 Å². The van der Waals surface area contributed by atoms with Crippen LogP contribution in [-0.4, -0.2) is 29.6 Å². The van der Waals surface area contributed by atoms with E-state index in [-0.39, 0.29) is 24.2 Å². The van der Waals surface area contributed by atoms with E-state index >= 15 is 0 Å². The molecule has 0 aromatic carbocycles. The Labute approximate surface area is 151 Å². The number of aliphatic hydroxyl groups is 1. The van der Waals surface area contributed by atoms with Gasteiger partial charge in [-0.2, -0.15) is 0 Å². The second-order valence-electron chi connectivity index (χ2n) is 7.07. The van der Waals surface area contributed by atoms with Crippen LogP contribution in [0.3, 0.4) is 0 Å². The van der Waals surface area contributed by atoms with Gasteiger partial charge in [0.15, 0.2) is 11.9 Å². The minimum absolute atomic E-state index is 0.0623. The Kier molecular flexibility index (Phi) is 8.04. The number of esters is 1. The van der Waals surface area contributed by atoms with Crippen LogP contribution in [0.25, 0.3) is 0 Å². The van der Waals surface area contributed by atoms with Gasteiger partial charge < -0.3 is 9.84 Å². The van der Waals surface area contributed by atoms with Crippen LogP contribution in [0.2, 0.25) is 0 Å². The first kappa shape index (κ1) is 21.1. The fourth-order valence-electron chi connectivity index (χ4n) is 2.95. The molecule has 0 amide bonds. The van der Waals surface area contributed by atoms with Crippen LogP contribution >= 0.6 is 0 Å². The van der Waals surface area contributed by atoms with E-state index in [0.717, 1.165) is 11.1 Å². The molecule has 0 saturated heterocycles. The summed E-state index contributed by atoms with van der Waals surface area (Å²) >= 11 is 0. The van der Waals surface area contributed by atoms with Crippen LogP contribution in [0.4, 0.5) is 0 Å². The molecule has 4 heteroatoms. The van der Waals surface area contributed by atoms with Gasteiger partial charge in [-0.3, -0.25) is 9.59 Å². The van der Waals surface area contributed by atoms with E-state index in [0.29, 0.717) is 18.4 Å². The number of ketones is 1. The van der Waals surface area contributed by atoms with Crippen molar-refractivity contribution in [2.45, 2.75) is 60.0 Å². The molecule has 25 heavy (non-hydrogen) atoms. The van der Waals surface area contributed by atoms with E-state index in [1.54, 1.807) is 6.92 Å². The lowest BCUT2D eigenvalue weighted by molar-refractivity contribution is -0.156. The highest BCUT2D eigenvalue weighted by Crippen LogP contribution is 2.40. The van der Waals surface area contributed by atoms with Crippen molar-refractivity contribution in [1.82, 2.24) is 0 Å². The molecular weight excluding hydrogens is 316 g/mol. The van der Waals surface area contributed by atoms with Crippen molar-refractivity contribution in [2.24, 2.45) is 5.41 Å². The van der Waals surface area contributed by atoms with Gasteiger partial charge in [-0.1, -0.05) is 49.8 Å². The van der Waals surface area contributed by atoms with E-state index in [1.807, 2.05) is 44.2 Å². The van der Waals surface area contributed by atoms with Gasteiger partial charge >= 0.3 is 5.97 Å². The maximum absolute atomic E-state index is 12.6. The van der Waals surface area contributed by atoms with Gasteiger partial charge in [0.25, 0.3) is 0 Å². The lowest BCUT2D eigenvalue weighted by Crippen LogP contribution is -2.39. The van der Waals surface area contributed by atoms with Crippen molar-refractivity contribution in [1.29, 1.82) is 0 Å². The van der Waals surface area contributed by atoms with Crippen LogP contribution in [0.5, 0.6) is 0 Å². The highest BCUT2D eigenvalue weighted by molar-refractivity contribution is 6.01. The first-order chi connectivity index (χ1) is 11.7. The average Bonchev–Trinajstić information content (AvgIpc) is 2.55. The Hall–Kier alpha value is -1.94. The molecule has 0 aromatic heterocycles. The van der Waals surface area contributed by atoms with Crippen LogP contribution in [0, 0.1) is 5.41 Å². The summed E-state index contributed by atoms with van der Waals surface area (Å²) in [5.74, 6) is -0.563. The molecule has 4 nitrogen and oxygen atoms in total. The predicted octanol–water partition coefficient (Wildman–Crippen LogP) is 4.06. The summed E-state index contributed by atoms with van der Waals surface area (Å²) in [7, 11) is 0. The number of ether oxygens (including phenoxy) is 1. The van der Waals surface area contributed by atoms with Crippen molar-refractivity contribution < 1.29 is 19.4 Å². The van der Waals surface area contributed by atoms with E-state index in [2.05, 4.69) is 13.8 Å². The normalized spacial score (nSPS) is 21.4. The zero-order valence-corrected chi connectivity index (χ0v) is 16.0. The minimum atomic E-state index is -0.738. The molecule has 138 valence electrons. The molecule has 1 aliphatic rings. The molecule has 1 atom stereocenters. The molecule has 0 bridgehead atoms. The molecule has 0 fully saturated rings. The van der Waals surface area contributed by atoms with E-state index in [9.17, 15) is 9.59 Å². The molecule has 0 heterocycles. The van der Waals surface area contributed by atoms with Gasteiger partial charge in [-0.15, -0.1) is 0 Å². The zero-order chi connectivity index (χ0) is 19.0. The quantitative estimate of drug-likeness (QED) is 0.558. The third-order valence-corrected chi connectivity index (χ3v) is 4.37. The molecule has 1 unspecified atom stereocenters. The first-order valence-corrected chi connectivity index (χ1v) is 8.76. The third-order valence-electron chi connectivity index (χ3n) is 4.37. The Bertz CT molecular complexity index is 618. The fourth-order valence-corrected chi connectivity index (χ4v) is 2.95. The molecule has 0 aromatic rings. The lowest BCUT2D eigenvalue weighted by Gasteiger charge is -2.36. The van der Waals surface area contributed by atoms with E-state index in [4.69, 9.17) is 9.84 Å². The summed E-state index contributed by atoms with van der Waals surface area (Å²) in [5.41, 5.74) is 2.45. The Morgan fingerprint density at radius 3 is 2.68 bits per heavy atom. The van der Waals surface area contributed by atoms with Crippen LogP contribution in [-0.2, 0) is 14.3 Å². The van der Waals surface area contributed by atoms with Crippen molar-refractivity contribution in [3.8, 4) is 0 Å². The SMILES string of the molecule is CC=CC=C(C)C=CC1=C(C)C(=O)C(OC(=O)CCCO)CC1(C)C. The Morgan fingerprint density at radius 2 is 2.08 bits per heavy atom. The van der Waals surface area contributed by atoms with E-state index < -0.39 is 12.1 Å². The average molecular weight is 346 g/mol. The highest BCUT2D eigenvalue weighted by Gasteiger charge is 2.39. The van der Waals surface area contributed by atoms with Gasteiger partial charge in [0, 0.05) is 19.4 Å². The zero-order valence-electron chi connectivity index (χ0n) is 16.0. The van der Waals surface area contributed by atoms with Crippen LogP contribution < -0.4 is 0 Å². The maximum atomic E-state index is 12.6. The van der Waals surface area contributed by atoms with Gasteiger partial charge in [0.05, 0.1) is 0 Å². The second kappa shape index (κ2) is 9.52. The maximum Gasteiger partial charge on any atom is 0.306 e. The summed E-state index contributed by atoms with van der Waals surface area (Å²) in [6, 6.07) is 0. The number of aliphatic hydroxyl groups excluding tert-OH is 1. The largest absolute Gasteiger partial charge is 0.454 e. The van der Waals surface area contributed by atoms with Crippen molar-refractivity contribution in [3.05, 3.63) is 47.1 Å². The predicted molar refractivity (Wildman–Crippen MR) is 100 cm³/mol. The number of hydrogen-bond acceptors (Lipinski definition) is 4. The monoisotopic (exact) mass is 346 g/mol. The smallest absolute Gasteiger partial charge is 0.306 e. The fraction of sp³-hybridized carbons (Fsp3) is 0.524. The Balaban J connectivity index is 2.99. The molecule has 0 aliphatic heterocycles. The summed E-state index contributed by atoms with van der Waals surface area (Å²) in [6.45, 7) is 9.82. The molecule has 0 saturated carbocycles. The second-order valence-corrected chi connectivity index (χ2v) is 7.07. The number of Topliss-reactive ketones (excluding diaryl/α,β-unsaturated/α-hetero) is 1. The summed E-state index contributed by atoms with van der Waals surface area (Å²) in [5, 5.41) is 8.79. The van der Waals surface area contributed by atoms with Gasteiger partial charge in [-0.25, -0.2) is 0 Å². The van der Waals surface area contributed by atoms with Crippen molar-refractivity contribution in [3.63, 3.8) is 0 Å². The number of hydrogen-bond donors (Lipinski definition) is 1. The van der Waals surface area contributed by atoms with Crippen molar-refractivity contribution in [2.75, 3.05) is 6.61 Å². The number of allylic oxidation sites excluding steroid dienone is 7. The van der Waals surface area contributed by atoms with Crippen LogP contribution in [0.1, 0.15) is 53.9 Å². The highest BCUT2D eigenvalue weighted by atomic mass is 16.5.